The van der Waals surface area contributed by atoms with E-state index >= 15 is 0 Å². The molecular weight excluding hydrogens is 232 g/mol. The molecule has 4 nitrogen and oxygen atoms in total. The van der Waals surface area contributed by atoms with Crippen LogP contribution >= 0.6 is 12.2 Å². The Morgan fingerprint density at radius 1 is 1.41 bits per heavy atom. The zero-order chi connectivity index (χ0) is 12.8. The van der Waals surface area contributed by atoms with Crippen LogP contribution in [0.5, 0.6) is 0 Å². The molecule has 0 bridgehead atoms. The summed E-state index contributed by atoms with van der Waals surface area (Å²) in [4.78, 5) is 8.70. The van der Waals surface area contributed by atoms with Crippen molar-refractivity contribution in [2.24, 2.45) is 11.7 Å². The molecule has 0 spiro atoms. The van der Waals surface area contributed by atoms with Gasteiger partial charge in [-0.05, 0) is 31.7 Å². The average Bonchev–Trinajstić information content (AvgIpc) is 2.26. The number of nitrogens with two attached hydrogens (primary N) is 1. The van der Waals surface area contributed by atoms with Crippen LogP contribution in [0.15, 0.2) is 12.3 Å². The fourth-order valence-corrected chi connectivity index (χ4v) is 1.56. The molecule has 0 aromatic carbocycles. The van der Waals surface area contributed by atoms with Crippen molar-refractivity contribution in [2.75, 3.05) is 5.32 Å². The summed E-state index contributed by atoms with van der Waals surface area (Å²) in [6, 6.07) is 2.06. The van der Waals surface area contributed by atoms with E-state index in [-0.39, 0.29) is 0 Å². The van der Waals surface area contributed by atoms with Crippen LogP contribution in [-0.4, -0.2) is 21.0 Å². The largest absolute Gasteiger partial charge is 0.388 e. The van der Waals surface area contributed by atoms with Crippen LogP contribution in [0.2, 0.25) is 0 Å². The van der Waals surface area contributed by atoms with Crippen LogP contribution in [0.4, 0.5) is 5.95 Å². The molecule has 0 amide bonds. The highest BCUT2D eigenvalue weighted by molar-refractivity contribution is 7.80. The van der Waals surface area contributed by atoms with Gasteiger partial charge in [0.1, 0.15) is 10.7 Å². The van der Waals surface area contributed by atoms with E-state index in [0.29, 0.717) is 28.6 Å². The molecule has 0 aliphatic heterocycles. The van der Waals surface area contributed by atoms with Gasteiger partial charge in [-0.1, -0.05) is 26.1 Å². The van der Waals surface area contributed by atoms with Crippen LogP contribution in [0.3, 0.4) is 0 Å². The first-order valence-electron chi connectivity index (χ1n) is 5.88. The Hall–Kier alpha value is -1.23. The van der Waals surface area contributed by atoms with Crippen molar-refractivity contribution in [3.8, 4) is 0 Å². The highest BCUT2D eigenvalue weighted by Gasteiger charge is 2.06. The minimum Gasteiger partial charge on any atom is -0.388 e. The van der Waals surface area contributed by atoms with Gasteiger partial charge < -0.3 is 11.1 Å². The standard InChI is InChI=1S/C12H20N4S/c1-8(2)4-5-9(3)15-12-14-7-6-10(16-12)11(13)17/h6-9H,4-5H2,1-3H3,(H2,13,17)(H,14,15,16). The summed E-state index contributed by atoms with van der Waals surface area (Å²) < 4.78 is 0. The molecule has 94 valence electrons. The second kappa shape index (κ2) is 6.49. The summed E-state index contributed by atoms with van der Waals surface area (Å²) in [5.74, 6) is 1.30. The quantitative estimate of drug-likeness (QED) is 0.761. The first kappa shape index (κ1) is 13.8. The van der Waals surface area contributed by atoms with E-state index < -0.39 is 0 Å². The number of nitrogens with zero attached hydrogens (tertiary/aromatic N) is 2. The molecule has 1 aromatic rings. The van der Waals surface area contributed by atoms with E-state index in [1.807, 2.05) is 0 Å². The lowest BCUT2D eigenvalue weighted by molar-refractivity contribution is 0.526. The first-order valence-corrected chi connectivity index (χ1v) is 6.29. The summed E-state index contributed by atoms with van der Waals surface area (Å²) in [5.41, 5.74) is 6.13. The molecule has 1 heterocycles. The zero-order valence-corrected chi connectivity index (χ0v) is 11.4. The van der Waals surface area contributed by atoms with Crippen LogP contribution in [-0.2, 0) is 0 Å². The number of nitrogens with one attached hydrogen (secondary N) is 1. The van der Waals surface area contributed by atoms with Gasteiger partial charge in [-0.3, -0.25) is 0 Å². The maximum atomic E-state index is 5.53. The number of aromatic nitrogens is 2. The molecule has 0 radical (unpaired) electrons. The van der Waals surface area contributed by atoms with Gasteiger partial charge in [0.2, 0.25) is 5.95 Å². The van der Waals surface area contributed by atoms with Crippen LogP contribution in [0, 0.1) is 5.92 Å². The van der Waals surface area contributed by atoms with Crippen molar-refractivity contribution in [3.63, 3.8) is 0 Å². The third-order valence-electron chi connectivity index (χ3n) is 2.46. The minimum absolute atomic E-state index is 0.297. The zero-order valence-electron chi connectivity index (χ0n) is 10.6. The Kier molecular flexibility index (Phi) is 5.28. The van der Waals surface area contributed by atoms with Crippen molar-refractivity contribution in [1.82, 2.24) is 9.97 Å². The fraction of sp³-hybridized carbons (Fsp3) is 0.583. The number of hydrogen-bond acceptors (Lipinski definition) is 4. The predicted molar refractivity (Wildman–Crippen MR) is 75.1 cm³/mol. The van der Waals surface area contributed by atoms with Gasteiger partial charge in [-0.15, -0.1) is 0 Å². The van der Waals surface area contributed by atoms with Gasteiger partial charge in [0, 0.05) is 12.2 Å². The SMILES string of the molecule is CC(C)CCC(C)Nc1nccc(C(N)=S)n1. The molecule has 0 saturated heterocycles. The fourth-order valence-electron chi connectivity index (χ4n) is 1.44. The van der Waals surface area contributed by atoms with Gasteiger partial charge in [0.25, 0.3) is 0 Å². The Morgan fingerprint density at radius 3 is 2.71 bits per heavy atom. The maximum Gasteiger partial charge on any atom is 0.223 e. The molecule has 5 heteroatoms. The van der Waals surface area contributed by atoms with Gasteiger partial charge in [0.05, 0.1) is 0 Å². The van der Waals surface area contributed by atoms with Gasteiger partial charge in [-0.25, -0.2) is 9.97 Å². The highest BCUT2D eigenvalue weighted by Crippen LogP contribution is 2.10. The van der Waals surface area contributed by atoms with E-state index in [2.05, 4.69) is 36.1 Å². The van der Waals surface area contributed by atoms with Crippen molar-refractivity contribution in [1.29, 1.82) is 0 Å². The van der Waals surface area contributed by atoms with Gasteiger partial charge >= 0.3 is 0 Å². The van der Waals surface area contributed by atoms with E-state index in [4.69, 9.17) is 18.0 Å². The van der Waals surface area contributed by atoms with Crippen LogP contribution < -0.4 is 11.1 Å². The van der Waals surface area contributed by atoms with E-state index in [1.54, 1.807) is 12.3 Å². The number of rotatable bonds is 6. The van der Waals surface area contributed by atoms with E-state index in [0.717, 1.165) is 6.42 Å². The lowest BCUT2D eigenvalue weighted by Gasteiger charge is -2.15. The number of hydrogen-bond donors (Lipinski definition) is 2. The lowest BCUT2D eigenvalue weighted by atomic mass is 10.0. The highest BCUT2D eigenvalue weighted by atomic mass is 32.1. The van der Waals surface area contributed by atoms with Gasteiger partial charge in [-0.2, -0.15) is 0 Å². The van der Waals surface area contributed by atoms with E-state index in [1.165, 1.54) is 6.42 Å². The Morgan fingerprint density at radius 2 is 2.12 bits per heavy atom. The minimum atomic E-state index is 0.297. The second-order valence-electron chi connectivity index (χ2n) is 4.65. The molecule has 1 rings (SSSR count). The number of thiocarbonyl (C=S) groups is 1. The Balaban J connectivity index is 2.56. The molecule has 1 aromatic heterocycles. The summed E-state index contributed by atoms with van der Waals surface area (Å²) in [5, 5.41) is 3.26. The molecule has 3 N–H and O–H groups in total. The van der Waals surface area contributed by atoms with Crippen LogP contribution in [0.25, 0.3) is 0 Å². The van der Waals surface area contributed by atoms with Crippen molar-refractivity contribution in [2.45, 2.75) is 39.7 Å². The van der Waals surface area contributed by atoms with Crippen molar-refractivity contribution in [3.05, 3.63) is 18.0 Å². The second-order valence-corrected chi connectivity index (χ2v) is 5.09. The molecule has 0 saturated carbocycles. The number of anilines is 1. The van der Waals surface area contributed by atoms with Crippen molar-refractivity contribution >= 4 is 23.2 Å². The summed E-state index contributed by atoms with van der Waals surface area (Å²) in [6.45, 7) is 6.56. The summed E-state index contributed by atoms with van der Waals surface area (Å²) >= 11 is 4.88. The van der Waals surface area contributed by atoms with E-state index in [9.17, 15) is 0 Å². The average molecular weight is 252 g/mol. The molecule has 1 unspecified atom stereocenters. The molecular formula is C12H20N4S. The smallest absolute Gasteiger partial charge is 0.223 e. The summed E-state index contributed by atoms with van der Waals surface area (Å²) in [7, 11) is 0. The molecule has 17 heavy (non-hydrogen) atoms. The maximum absolute atomic E-state index is 5.53. The normalized spacial score (nSPS) is 12.5. The van der Waals surface area contributed by atoms with Crippen LogP contribution in [0.1, 0.15) is 39.3 Å². The lowest BCUT2D eigenvalue weighted by Crippen LogP contribution is -2.19. The molecule has 0 aliphatic carbocycles. The van der Waals surface area contributed by atoms with Crippen molar-refractivity contribution < 1.29 is 0 Å². The molecule has 1 atom stereocenters. The molecule has 0 fully saturated rings. The Bertz CT molecular complexity index is 379. The summed E-state index contributed by atoms with van der Waals surface area (Å²) in [6.07, 6.45) is 3.94. The third kappa shape index (κ3) is 5.08. The molecule has 0 aliphatic rings. The predicted octanol–water partition coefficient (Wildman–Crippen LogP) is 2.35. The first-order chi connectivity index (χ1) is 7.99. The topological polar surface area (TPSA) is 63.8 Å². The van der Waals surface area contributed by atoms with Gasteiger partial charge in [0.15, 0.2) is 0 Å². The third-order valence-corrected chi connectivity index (χ3v) is 2.67. The monoisotopic (exact) mass is 252 g/mol. The Labute approximate surface area is 108 Å².